The molecule has 2 aromatic heterocycles. The quantitative estimate of drug-likeness (QED) is 0.644. The van der Waals surface area contributed by atoms with Crippen molar-refractivity contribution in [3.8, 4) is 0 Å². The van der Waals surface area contributed by atoms with Gasteiger partial charge in [-0.05, 0) is 48.4 Å². The summed E-state index contributed by atoms with van der Waals surface area (Å²) in [6.07, 6.45) is 5.16. The van der Waals surface area contributed by atoms with E-state index in [0.717, 1.165) is 80.3 Å². The molecule has 5 rings (SSSR count). The third kappa shape index (κ3) is 4.04. The van der Waals surface area contributed by atoms with Crippen LogP contribution in [-0.2, 0) is 6.54 Å². The number of fused-ring (bicyclic) bond motifs is 1. The molecule has 6 nitrogen and oxygen atoms in total. The molecule has 1 amide bonds. The summed E-state index contributed by atoms with van der Waals surface area (Å²) in [5.41, 5.74) is 2.04. The van der Waals surface area contributed by atoms with E-state index in [1.54, 1.807) is 17.7 Å². The van der Waals surface area contributed by atoms with Gasteiger partial charge in [0.15, 0.2) is 0 Å². The van der Waals surface area contributed by atoms with Crippen LogP contribution in [0.2, 0.25) is 0 Å². The average Bonchev–Trinajstić information content (AvgIpc) is 3.29. The highest BCUT2D eigenvalue weighted by Crippen LogP contribution is 2.27. The van der Waals surface area contributed by atoms with Crippen molar-refractivity contribution >= 4 is 33.3 Å². The van der Waals surface area contributed by atoms with Gasteiger partial charge >= 0.3 is 0 Å². The molecule has 2 aliphatic rings. The van der Waals surface area contributed by atoms with E-state index in [4.69, 9.17) is 0 Å². The summed E-state index contributed by atoms with van der Waals surface area (Å²) in [7, 11) is 0. The third-order valence-corrected chi connectivity index (χ3v) is 6.96. The Morgan fingerprint density at radius 2 is 1.80 bits per heavy atom. The van der Waals surface area contributed by atoms with Gasteiger partial charge in [0.2, 0.25) is 0 Å². The van der Waals surface area contributed by atoms with E-state index in [-0.39, 0.29) is 5.91 Å². The number of piperidine rings is 1. The molecule has 0 saturated carbocycles. The maximum atomic E-state index is 12.8. The number of benzene rings is 1. The lowest BCUT2D eigenvalue weighted by Gasteiger charge is -2.35. The van der Waals surface area contributed by atoms with E-state index in [0.29, 0.717) is 0 Å². The third-order valence-electron chi connectivity index (χ3n) is 6.14. The molecular weight excluding hydrogens is 394 g/mol. The molecule has 0 atom stereocenters. The Morgan fingerprint density at radius 3 is 2.63 bits per heavy atom. The molecule has 2 fully saturated rings. The Balaban J connectivity index is 1.21. The van der Waals surface area contributed by atoms with Gasteiger partial charge in [-0.3, -0.25) is 9.69 Å². The number of likely N-dealkylation sites (tertiary alicyclic amines) is 1. The van der Waals surface area contributed by atoms with E-state index in [1.807, 2.05) is 17.0 Å². The first kappa shape index (κ1) is 19.5. The number of nitrogens with zero attached hydrogens (tertiary/aromatic N) is 5. The normalized spacial score (nSPS) is 18.1. The van der Waals surface area contributed by atoms with Crippen molar-refractivity contribution in [1.29, 1.82) is 0 Å². The molecule has 0 bridgehead atoms. The number of hydrogen-bond acceptors (Lipinski definition) is 6. The Kier molecular flexibility index (Phi) is 5.64. The van der Waals surface area contributed by atoms with Crippen molar-refractivity contribution in [1.82, 2.24) is 19.8 Å². The lowest BCUT2D eigenvalue weighted by Crippen LogP contribution is -2.46. The van der Waals surface area contributed by atoms with Crippen molar-refractivity contribution in [3.05, 3.63) is 53.2 Å². The zero-order chi connectivity index (χ0) is 20.3. The second kappa shape index (κ2) is 8.70. The van der Waals surface area contributed by atoms with E-state index >= 15 is 0 Å². The summed E-state index contributed by atoms with van der Waals surface area (Å²) >= 11 is 1.66. The molecule has 3 aromatic rings. The van der Waals surface area contributed by atoms with E-state index in [2.05, 4.69) is 43.3 Å². The average molecular weight is 422 g/mol. The first-order valence-corrected chi connectivity index (χ1v) is 11.7. The second-order valence-corrected chi connectivity index (χ2v) is 9.05. The van der Waals surface area contributed by atoms with Crippen LogP contribution in [-0.4, -0.2) is 64.9 Å². The number of carbonyl (C=O) groups is 1. The summed E-state index contributed by atoms with van der Waals surface area (Å²) in [6, 6.07) is 10.3. The van der Waals surface area contributed by atoms with Gasteiger partial charge in [0.05, 0.1) is 5.39 Å². The first-order chi connectivity index (χ1) is 14.8. The number of thiophene rings is 1. The lowest BCUT2D eigenvalue weighted by atomic mass is 10.1. The second-order valence-electron chi connectivity index (χ2n) is 8.15. The van der Waals surface area contributed by atoms with E-state index in [9.17, 15) is 4.79 Å². The van der Waals surface area contributed by atoms with Crippen molar-refractivity contribution in [3.63, 3.8) is 0 Å². The summed E-state index contributed by atoms with van der Waals surface area (Å²) in [5, 5.41) is 3.23. The zero-order valence-electron chi connectivity index (χ0n) is 17.2. The van der Waals surface area contributed by atoms with Crippen molar-refractivity contribution in [2.75, 3.05) is 44.2 Å². The number of piperazine rings is 1. The van der Waals surface area contributed by atoms with Crippen molar-refractivity contribution < 1.29 is 4.79 Å². The van der Waals surface area contributed by atoms with Gasteiger partial charge in [0.1, 0.15) is 17.0 Å². The van der Waals surface area contributed by atoms with Crippen LogP contribution in [0.25, 0.3) is 10.2 Å². The summed E-state index contributed by atoms with van der Waals surface area (Å²) in [5.74, 6) is 1.24. The smallest absolute Gasteiger partial charge is 0.253 e. The Morgan fingerprint density at radius 1 is 0.967 bits per heavy atom. The number of anilines is 1. The standard InChI is InChI=1S/C23H27N5OS/c29-23(28-8-2-1-3-9-28)19-6-4-5-18(15-19)16-26-10-12-27(13-11-26)21-20-7-14-30-22(20)25-17-24-21/h4-7,14-15,17H,1-3,8-13,16H2. The SMILES string of the molecule is O=C(c1cccc(CN2CCN(c3ncnc4sccc34)CC2)c1)N1CCCCC1. The highest BCUT2D eigenvalue weighted by molar-refractivity contribution is 7.16. The largest absolute Gasteiger partial charge is 0.353 e. The number of rotatable bonds is 4. The monoisotopic (exact) mass is 421 g/mol. The topological polar surface area (TPSA) is 52.6 Å². The molecule has 0 aliphatic carbocycles. The minimum atomic E-state index is 0.185. The van der Waals surface area contributed by atoms with Crippen molar-refractivity contribution in [2.24, 2.45) is 0 Å². The zero-order valence-corrected chi connectivity index (χ0v) is 18.0. The van der Waals surface area contributed by atoms with Gasteiger partial charge in [0.25, 0.3) is 5.91 Å². The van der Waals surface area contributed by atoms with Crippen LogP contribution in [0.3, 0.4) is 0 Å². The van der Waals surface area contributed by atoms with Gasteiger partial charge < -0.3 is 9.80 Å². The Hall–Kier alpha value is -2.51. The number of aromatic nitrogens is 2. The highest BCUT2D eigenvalue weighted by atomic mass is 32.1. The van der Waals surface area contributed by atoms with Gasteiger partial charge in [-0.15, -0.1) is 11.3 Å². The first-order valence-electron chi connectivity index (χ1n) is 10.8. The van der Waals surface area contributed by atoms with Gasteiger partial charge in [-0.25, -0.2) is 9.97 Å². The fourth-order valence-corrected chi connectivity index (χ4v) is 5.21. The number of carbonyl (C=O) groups excluding carboxylic acids is 1. The van der Waals surface area contributed by atoms with Crippen molar-refractivity contribution in [2.45, 2.75) is 25.8 Å². The van der Waals surface area contributed by atoms with Crippen LogP contribution < -0.4 is 4.90 Å². The number of hydrogen-bond donors (Lipinski definition) is 0. The molecular formula is C23H27N5OS. The number of amides is 1. The molecule has 0 radical (unpaired) electrons. The summed E-state index contributed by atoms with van der Waals surface area (Å²) in [6.45, 7) is 6.55. The molecule has 0 unspecified atom stereocenters. The minimum absolute atomic E-state index is 0.185. The molecule has 4 heterocycles. The maximum Gasteiger partial charge on any atom is 0.253 e. The van der Waals surface area contributed by atoms with Crippen LogP contribution in [0.15, 0.2) is 42.0 Å². The molecule has 0 N–H and O–H groups in total. The summed E-state index contributed by atoms with van der Waals surface area (Å²) in [4.78, 5) is 29.6. The van der Waals surface area contributed by atoms with E-state index in [1.165, 1.54) is 12.0 Å². The van der Waals surface area contributed by atoms with Crippen LogP contribution in [0, 0.1) is 0 Å². The molecule has 2 aliphatic heterocycles. The molecule has 7 heteroatoms. The van der Waals surface area contributed by atoms with Gasteiger partial charge in [-0.1, -0.05) is 12.1 Å². The van der Waals surface area contributed by atoms with Crippen LogP contribution in [0.4, 0.5) is 5.82 Å². The lowest BCUT2D eigenvalue weighted by molar-refractivity contribution is 0.0724. The van der Waals surface area contributed by atoms with Gasteiger partial charge in [0, 0.05) is 51.4 Å². The highest BCUT2D eigenvalue weighted by Gasteiger charge is 2.21. The minimum Gasteiger partial charge on any atom is -0.353 e. The van der Waals surface area contributed by atoms with Crippen LogP contribution in [0.5, 0.6) is 0 Å². The Labute approximate surface area is 181 Å². The predicted octanol–water partition coefficient (Wildman–Crippen LogP) is 3.64. The van der Waals surface area contributed by atoms with E-state index < -0.39 is 0 Å². The van der Waals surface area contributed by atoms with Gasteiger partial charge in [-0.2, -0.15) is 0 Å². The molecule has 0 spiro atoms. The Bertz CT molecular complexity index is 1020. The predicted molar refractivity (Wildman–Crippen MR) is 121 cm³/mol. The molecule has 1 aromatic carbocycles. The van der Waals surface area contributed by atoms with Crippen LogP contribution in [0.1, 0.15) is 35.2 Å². The summed E-state index contributed by atoms with van der Waals surface area (Å²) < 4.78 is 0. The molecule has 156 valence electrons. The maximum absolute atomic E-state index is 12.8. The van der Waals surface area contributed by atoms with Crippen LogP contribution >= 0.6 is 11.3 Å². The fourth-order valence-electron chi connectivity index (χ4n) is 4.49. The molecule has 2 saturated heterocycles. The molecule has 30 heavy (non-hydrogen) atoms. The fraction of sp³-hybridized carbons (Fsp3) is 0.435.